The Balaban J connectivity index is 1.80. The molecule has 3 aromatic rings. The highest BCUT2D eigenvalue weighted by atomic mass is 31.2. The second kappa shape index (κ2) is 16.6. The van der Waals surface area contributed by atoms with Gasteiger partial charge in [-0.05, 0) is 72.4 Å². The number of rotatable bonds is 18. The average molecular weight is 585 g/mol. The number of benzene rings is 3. The Bertz CT molecular complexity index is 1040. The summed E-state index contributed by atoms with van der Waals surface area (Å²) in [7, 11) is -4.24. The minimum atomic E-state index is -4.24. The highest BCUT2D eigenvalue weighted by molar-refractivity contribution is 7.49. The van der Waals surface area contributed by atoms with Gasteiger partial charge in [0.05, 0.1) is 18.3 Å². The largest absolute Gasteiger partial charge is 0.647 e. The third-order valence-electron chi connectivity index (χ3n) is 6.94. The Morgan fingerprint density at radius 2 is 0.756 bits per heavy atom. The van der Waals surface area contributed by atoms with Crippen LogP contribution in [-0.4, -0.2) is 15.3 Å². The molecule has 0 aromatic heterocycles. The van der Waals surface area contributed by atoms with Gasteiger partial charge in [0, 0.05) is 0 Å². The van der Waals surface area contributed by atoms with Crippen LogP contribution in [0.4, 0.5) is 0 Å². The number of aliphatic hydroxyl groups excluding tert-OH is 3. The highest BCUT2D eigenvalue weighted by Crippen LogP contribution is 2.50. The van der Waals surface area contributed by atoms with Gasteiger partial charge in [0.15, 0.2) is 0 Å². The Kier molecular flexibility index (Phi) is 13.2. The van der Waals surface area contributed by atoms with Crippen molar-refractivity contribution < 1.29 is 33.5 Å². The van der Waals surface area contributed by atoms with Crippen molar-refractivity contribution in [3.8, 4) is 17.2 Å². The second-order valence-corrected chi connectivity index (χ2v) is 11.8. The Morgan fingerprint density at radius 3 is 0.976 bits per heavy atom. The fourth-order valence-electron chi connectivity index (χ4n) is 4.39. The molecule has 0 heterocycles. The van der Waals surface area contributed by atoms with Gasteiger partial charge in [-0.15, -0.1) is 0 Å². The summed E-state index contributed by atoms with van der Waals surface area (Å²) in [4.78, 5) is 0. The summed E-state index contributed by atoms with van der Waals surface area (Å²) < 4.78 is 31.4. The zero-order valence-corrected chi connectivity index (χ0v) is 25.3. The van der Waals surface area contributed by atoms with E-state index in [4.69, 9.17) is 13.6 Å². The third-order valence-corrected chi connectivity index (χ3v) is 8.24. The molecule has 0 saturated heterocycles. The monoisotopic (exact) mass is 584 g/mol. The van der Waals surface area contributed by atoms with Crippen LogP contribution >= 0.6 is 7.82 Å². The summed E-state index contributed by atoms with van der Waals surface area (Å²) in [6.07, 6.45) is 5.96. The predicted octanol–water partition coefficient (Wildman–Crippen LogP) is 9.00. The Hall–Kier alpha value is -2.83. The number of unbranched alkanes of at least 4 members (excludes halogenated alkanes) is 3. The molecule has 3 atom stereocenters. The quantitative estimate of drug-likeness (QED) is 0.128. The fourth-order valence-corrected chi connectivity index (χ4v) is 5.64. The lowest BCUT2D eigenvalue weighted by molar-refractivity contribution is 0.164. The first-order valence-electron chi connectivity index (χ1n) is 14.8. The standard InChI is InChI=1S/C33H45O7P/c1-4-7-10-31(34)25-13-19-28(20-14-25)38-41(37,39-29-21-15-26(16-22-29)32(35)11-8-5-2)40-30-23-17-27(18-24-30)33(36)12-9-6-3/h13-24,31-36H,4-12H2,1-3H3. The molecule has 0 saturated carbocycles. The SMILES string of the molecule is CCCCC(O)c1ccc(OP(=O)(Oc2ccc(C(O)CCCC)cc2)Oc2ccc(C(O)CCCC)cc2)cc1. The van der Waals surface area contributed by atoms with Gasteiger partial charge in [-0.3, -0.25) is 0 Å². The number of phosphoric ester groups is 1. The first kappa shape index (κ1) is 32.7. The number of hydrogen-bond acceptors (Lipinski definition) is 7. The van der Waals surface area contributed by atoms with Gasteiger partial charge in [0.1, 0.15) is 17.2 Å². The maximum Gasteiger partial charge on any atom is 0.647 e. The minimum absolute atomic E-state index is 0.262. The molecule has 0 radical (unpaired) electrons. The molecule has 0 aliphatic heterocycles. The predicted molar refractivity (Wildman–Crippen MR) is 162 cm³/mol. The molecule has 0 fully saturated rings. The molecule has 41 heavy (non-hydrogen) atoms. The van der Waals surface area contributed by atoms with Crippen LogP contribution in [-0.2, 0) is 4.57 Å². The van der Waals surface area contributed by atoms with Crippen molar-refractivity contribution in [1.82, 2.24) is 0 Å². The van der Waals surface area contributed by atoms with Gasteiger partial charge in [-0.1, -0.05) is 95.7 Å². The van der Waals surface area contributed by atoms with E-state index in [0.717, 1.165) is 55.2 Å². The van der Waals surface area contributed by atoms with Crippen LogP contribution < -0.4 is 13.6 Å². The van der Waals surface area contributed by atoms with Gasteiger partial charge < -0.3 is 28.9 Å². The van der Waals surface area contributed by atoms with Crippen molar-refractivity contribution in [1.29, 1.82) is 0 Å². The molecule has 0 spiro atoms. The Labute approximate surface area is 244 Å². The molecule has 7 nitrogen and oxygen atoms in total. The van der Waals surface area contributed by atoms with Crippen LogP contribution in [0, 0.1) is 0 Å². The second-order valence-electron chi connectivity index (χ2n) is 10.4. The van der Waals surface area contributed by atoms with E-state index in [1.807, 2.05) is 0 Å². The molecule has 0 aliphatic rings. The maximum atomic E-state index is 14.0. The molecule has 224 valence electrons. The molecular formula is C33H45O7P. The minimum Gasteiger partial charge on any atom is -0.388 e. The summed E-state index contributed by atoms with van der Waals surface area (Å²) in [5, 5.41) is 31.2. The first-order valence-corrected chi connectivity index (χ1v) is 16.3. The Morgan fingerprint density at radius 1 is 0.512 bits per heavy atom. The van der Waals surface area contributed by atoms with Gasteiger partial charge in [0.2, 0.25) is 0 Å². The topological polar surface area (TPSA) is 105 Å². The van der Waals surface area contributed by atoms with Crippen LogP contribution in [0.3, 0.4) is 0 Å². The van der Waals surface area contributed by atoms with Crippen molar-refractivity contribution in [2.45, 2.75) is 96.9 Å². The number of phosphoric acid groups is 1. The van der Waals surface area contributed by atoms with E-state index in [0.29, 0.717) is 19.3 Å². The molecule has 0 aliphatic carbocycles. The third kappa shape index (κ3) is 10.5. The lowest BCUT2D eigenvalue weighted by Crippen LogP contribution is -2.08. The van der Waals surface area contributed by atoms with E-state index in [9.17, 15) is 19.9 Å². The van der Waals surface area contributed by atoms with Crippen LogP contribution in [0.25, 0.3) is 0 Å². The molecule has 3 unspecified atom stereocenters. The summed E-state index contributed by atoms with van der Waals surface area (Å²) in [6, 6.07) is 20.2. The number of aliphatic hydroxyl groups is 3. The smallest absolute Gasteiger partial charge is 0.388 e. The van der Waals surface area contributed by atoms with E-state index < -0.39 is 26.1 Å². The lowest BCUT2D eigenvalue weighted by atomic mass is 10.0. The maximum absolute atomic E-state index is 14.0. The van der Waals surface area contributed by atoms with Crippen molar-refractivity contribution in [2.75, 3.05) is 0 Å². The van der Waals surface area contributed by atoms with Gasteiger partial charge >= 0.3 is 7.82 Å². The molecule has 3 aromatic carbocycles. The lowest BCUT2D eigenvalue weighted by Gasteiger charge is -2.20. The molecule has 8 heteroatoms. The van der Waals surface area contributed by atoms with E-state index in [2.05, 4.69) is 20.8 Å². The molecule has 3 rings (SSSR count). The van der Waals surface area contributed by atoms with Gasteiger partial charge in [-0.2, -0.15) is 4.57 Å². The van der Waals surface area contributed by atoms with E-state index in [1.165, 1.54) is 0 Å². The van der Waals surface area contributed by atoms with E-state index in [1.54, 1.807) is 72.8 Å². The van der Waals surface area contributed by atoms with Crippen molar-refractivity contribution in [3.05, 3.63) is 89.5 Å². The van der Waals surface area contributed by atoms with Crippen LogP contribution in [0.15, 0.2) is 72.8 Å². The summed E-state index contributed by atoms with van der Waals surface area (Å²) >= 11 is 0. The normalized spacial score (nSPS) is 15.0. The molecule has 0 bridgehead atoms. The highest BCUT2D eigenvalue weighted by Gasteiger charge is 2.33. The first-order chi connectivity index (χ1) is 19.8. The average Bonchev–Trinajstić information content (AvgIpc) is 2.98. The molecule has 0 amide bonds. The number of hydrogen-bond donors (Lipinski definition) is 3. The summed E-state index contributed by atoms with van der Waals surface area (Å²) in [5.74, 6) is 0.786. The zero-order valence-electron chi connectivity index (χ0n) is 24.4. The van der Waals surface area contributed by atoms with Crippen LogP contribution in [0.5, 0.6) is 17.2 Å². The van der Waals surface area contributed by atoms with Crippen molar-refractivity contribution in [3.63, 3.8) is 0 Å². The molecular weight excluding hydrogens is 539 g/mol. The van der Waals surface area contributed by atoms with Crippen LogP contribution in [0.2, 0.25) is 0 Å². The van der Waals surface area contributed by atoms with E-state index in [-0.39, 0.29) is 17.2 Å². The van der Waals surface area contributed by atoms with Gasteiger partial charge in [-0.25, -0.2) is 0 Å². The van der Waals surface area contributed by atoms with Gasteiger partial charge in [0.25, 0.3) is 0 Å². The van der Waals surface area contributed by atoms with E-state index >= 15 is 0 Å². The summed E-state index contributed by atoms with van der Waals surface area (Å²) in [5.41, 5.74) is 2.24. The fraction of sp³-hybridized carbons (Fsp3) is 0.455. The summed E-state index contributed by atoms with van der Waals surface area (Å²) in [6.45, 7) is 6.22. The van der Waals surface area contributed by atoms with Crippen LogP contribution in [0.1, 0.15) is 114 Å². The van der Waals surface area contributed by atoms with Crippen molar-refractivity contribution >= 4 is 7.82 Å². The van der Waals surface area contributed by atoms with Crippen molar-refractivity contribution in [2.24, 2.45) is 0 Å². The zero-order chi connectivity index (χ0) is 29.7. The molecule has 3 N–H and O–H groups in total.